The third-order valence-corrected chi connectivity index (χ3v) is 3.89. The Bertz CT molecular complexity index is 598. The summed E-state index contributed by atoms with van der Waals surface area (Å²) in [6, 6.07) is 12.3. The molecule has 0 aliphatic carbocycles. The number of carbonyl (C=O) groups is 1. The van der Waals surface area contributed by atoms with E-state index < -0.39 is 5.82 Å². The lowest BCUT2D eigenvalue weighted by Crippen LogP contribution is -1.99. The smallest absolute Gasteiger partial charge is 0.163 e. The molecule has 0 aliphatic heterocycles. The van der Waals surface area contributed by atoms with E-state index in [1.54, 1.807) is 12.1 Å². The molecule has 2 aromatic rings. The highest BCUT2D eigenvalue weighted by atomic mass is 79.9. The van der Waals surface area contributed by atoms with Gasteiger partial charge in [-0.2, -0.15) is 0 Å². The van der Waals surface area contributed by atoms with Crippen LogP contribution >= 0.6 is 27.7 Å². The Kier molecular flexibility index (Phi) is 4.19. The predicted molar refractivity (Wildman–Crippen MR) is 74.7 cm³/mol. The minimum atomic E-state index is -0.470. The van der Waals surface area contributed by atoms with Crippen molar-refractivity contribution in [1.29, 1.82) is 0 Å². The van der Waals surface area contributed by atoms with Crippen LogP contribution in [0, 0.1) is 5.82 Å². The molecule has 0 heterocycles. The van der Waals surface area contributed by atoms with Crippen molar-refractivity contribution in [1.82, 2.24) is 0 Å². The van der Waals surface area contributed by atoms with Crippen molar-refractivity contribution in [2.24, 2.45) is 0 Å². The van der Waals surface area contributed by atoms with Gasteiger partial charge in [0.15, 0.2) is 5.78 Å². The Morgan fingerprint density at radius 3 is 2.61 bits per heavy atom. The second kappa shape index (κ2) is 5.67. The van der Waals surface area contributed by atoms with Gasteiger partial charge >= 0.3 is 0 Å². The van der Waals surface area contributed by atoms with Gasteiger partial charge in [0.05, 0.1) is 5.56 Å². The molecule has 0 spiro atoms. The molecule has 0 unspecified atom stereocenters. The van der Waals surface area contributed by atoms with Gasteiger partial charge in [0.1, 0.15) is 5.82 Å². The number of carbonyl (C=O) groups excluding carboxylic acids is 1. The summed E-state index contributed by atoms with van der Waals surface area (Å²) in [5.41, 5.74) is 0.155. The van der Waals surface area contributed by atoms with E-state index >= 15 is 0 Å². The molecule has 0 bridgehead atoms. The summed E-state index contributed by atoms with van der Waals surface area (Å²) in [6.45, 7) is 1.38. The van der Waals surface area contributed by atoms with Gasteiger partial charge in [-0.1, -0.05) is 39.8 Å². The maximum absolute atomic E-state index is 13.6. The predicted octanol–water partition coefficient (Wildman–Crippen LogP) is 4.94. The van der Waals surface area contributed by atoms with Crippen LogP contribution in [0.3, 0.4) is 0 Å². The molecule has 1 nitrogen and oxygen atoms in total. The molecule has 2 rings (SSSR count). The summed E-state index contributed by atoms with van der Waals surface area (Å²) in [5.74, 6) is -0.729. The molecule has 0 radical (unpaired) electrons. The van der Waals surface area contributed by atoms with Gasteiger partial charge in [0, 0.05) is 14.3 Å². The van der Waals surface area contributed by atoms with Gasteiger partial charge in [-0.05, 0) is 37.3 Å². The Morgan fingerprint density at radius 2 is 1.94 bits per heavy atom. The summed E-state index contributed by atoms with van der Waals surface area (Å²) in [5, 5.41) is 0. The van der Waals surface area contributed by atoms with Crippen LogP contribution in [0.25, 0.3) is 0 Å². The van der Waals surface area contributed by atoms with Gasteiger partial charge in [-0.3, -0.25) is 4.79 Å². The number of halogens is 2. The molecule has 92 valence electrons. The first-order valence-corrected chi connectivity index (χ1v) is 6.92. The van der Waals surface area contributed by atoms with Gasteiger partial charge in [-0.15, -0.1) is 0 Å². The van der Waals surface area contributed by atoms with Crippen molar-refractivity contribution in [3.8, 4) is 0 Å². The summed E-state index contributed by atoms with van der Waals surface area (Å²) in [6.07, 6.45) is 0. The van der Waals surface area contributed by atoms with Crippen molar-refractivity contribution < 1.29 is 9.18 Å². The zero-order valence-electron chi connectivity index (χ0n) is 9.61. The van der Waals surface area contributed by atoms with Crippen LogP contribution in [-0.2, 0) is 0 Å². The quantitative estimate of drug-likeness (QED) is 0.744. The molecule has 0 saturated heterocycles. The first-order chi connectivity index (χ1) is 8.58. The maximum Gasteiger partial charge on any atom is 0.163 e. The Labute approximate surface area is 118 Å². The lowest BCUT2D eigenvalue weighted by Gasteiger charge is -2.07. The number of benzene rings is 2. The van der Waals surface area contributed by atoms with E-state index in [1.165, 1.54) is 24.8 Å². The van der Waals surface area contributed by atoms with E-state index in [0.29, 0.717) is 4.90 Å². The van der Waals surface area contributed by atoms with Crippen LogP contribution < -0.4 is 0 Å². The lowest BCUT2D eigenvalue weighted by atomic mass is 10.1. The monoisotopic (exact) mass is 324 g/mol. The molecule has 2 aromatic carbocycles. The van der Waals surface area contributed by atoms with E-state index in [9.17, 15) is 9.18 Å². The molecule has 0 saturated carbocycles. The molecular weight excluding hydrogens is 315 g/mol. The summed E-state index contributed by atoms with van der Waals surface area (Å²) in [4.78, 5) is 13.1. The molecule has 0 fully saturated rings. The highest BCUT2D eigenvalue weighted by Gasteiger charge is 2.13. The van der Waals surface area contributed by atoms with Crippen molar-refractivity contribution in [2.75, 3.05) is 0 Å². The first-order valence-electron chi connectivity index (χ1n) is 5.31. The van der Waals surface area contributed by atoms with Crippen LogP contribution in [0.1, 0.15) is 17.3 Å². The third-order valence-electron chi connectivity index (χ3n) is 2.35. The maximum atomic E-state index is 13.6. The number of ketones is 1. The van der Waals surface area contributed by atoms with E-state index in [2.05, 4.69) is 15.9 Å². The molecule has 0 amide bonds. The number of rotatable bonds is 3. The Balaban J connectivity index is 2.40. The normalized spacial score (nSPS) is 10.4. The van der Waals surface area contributed by atoms with Gasteiger partial charge in [0.2, 0.25) is 0 Å². The van der Waals surface area contributed by atoms with Crippen molar-refractivity contribution >= 4 is 33.5 Å². The third kappa shape index (κ3) is 3.00. The van der Waals surface area contributed by atoms with Crippen LogP contribution in [0.5, 0.6) is 0 Å². The van der Waals surface area contributed by atoms with E-state index in [-0.39, 0.29) is 11.3 Å². The first kappa shape index (κ1) is 13.3. The summed E-state index contributed by atoms with van der Waals surface area (Å²) in [7, 11) is 0. The van der Waals surface area contributed by atoms with Crippen LogP contribution in [0.15, 0.2) is 56.7 Å². The van der Waals surface area contributed by atoms with E-state index in [1.807, 2.05) is 24.3 Å². The molecule has 4 heteroatoms. The molecule has 0 aromatic heterocycles. The molecule has 0 atom stereocenters. The van der Waals surface area contributed by atoms with Crippen molar-refractivity contribution in [3.05, 3.63) is 58.3 Å². The van der Waals surface area contributed by atoms with Crippen molar-refractivity contribution in [3.63, 3.8) is 0 Å². The van der Waals surface area contributed by atoms with Gasteiger partial charge in [0.25, 0.3) is 0 Å². The molecule has 0 aliphatic rings. The zero-order valence-corrected chi connectivity index (χ0v) is 12.0. The standard InChI is InChI=1S/C14H10BrFOS/c1-9(17)14-12(16)6-3-7-13(14)18-11-5-2-4-10(15)8-11/h2-8H,1H3. The second-order valence-electron chi connectivity index (χ2n) is 3.73. The average Bonchev–Trinajstić information content (AvgIpc) is 2.28. The Morgan fingerprint density at radius 1 is 1.22 bits per heavy atom. The molecule has 18 heavy (non-hydrogen) atoms. The lowest BCUT2D eigenvalue weighted by molar-refractivity contribution is 0.101. The largest absolute Gasteiger partial charge is 0.294 e. The fourth-order valence-corrected chi connectivity index (χ4v) is 3.22. The average molecular weight is 325 g/mol. The van der Waals surface area contributed by atoms with Gasteiger partial charge < -0.3 is 0 Å². The van der Waals surface area contributed by atoms with Crippen LogP contribution in [-0.4, -0.2) is 5.78 Å². The Hall–Kier alpha value is -1.13. The minimum absolute atomic E-state index is 0.155. The zero-order chi connectivity index (χ0) is 13.1. The number of hydrogen-bond acceptors (Lipinski definition) is 2. The van der Waals surface area contributed by atoms with Crippen molar-refractivity contribution in [2.45, 2.75) is 16.7 Å². The molecular formula is C14H10BrFOS. The topological polar surface area (TPSA) is 17.1 Å². The van der Waals surface area contributed by atoms with Crippen LogP contribution in [0.4, 0.5) is 4.39 Å². The fraction of sp³-hybridized carbons (Fsp3) is 0.0714. The SMILES string of the molecule is CC(=O)c1c(F)cccc1Sc1cccc(Br)c1. The van der Waals surface area contributed by atoms with Crippen LogP contribution in [0.2, 0.25) is 0 Å². The van der Waals surface area contributed by atoms with E-state index in [0.717, 1.165) is 9.37 Å². The summed E-state index contributed by atoms with van der Waals surface area (Å²) < 4.78 is 14.6. The minimum Gasteiger partial charge on any atom is -0.294 e. The fourth-order valence-electron chi connectivity index (χ4n) is 1.59. The summed E-state index contributed by atoms with van der Waals surface area (Å²) >= 11 is 4.76. The highest BCUT2D eigenvalue weighted by Crippen LogP contribution is 2.33. The molecule has 0 N–H and O–H groups in total. The van der Waals surface area contributed by atoms with E-state index in [4.69, 9.17) is 0 Å². The second-order valence-corrected chi connectivity index (χ2v) is 5.76. The number of hydrogen-bond donors (Lipinski definition) is 0. The highest BCUT2D eigenvalue weighted by molar-refractivity contribution is 9.10. The van der Waals surface area contributed by atoms with Gasteiger partial charge in [-0.25, -0.2) is 4.39 Å². The number of Topliss-reactive ketones (excluding diaryl/α,β-unsaturated/α-hetero) is 1.